The van der Waals surface area contributed by atoms with Gasteiger partial charge in [0.05, 0.1) is 37.1 Å². The highest BCUT2D eigenvalue weighted by molar-refractivity contribution is 8.00. The number of anilines is 1. The first-order chi connectivity index (χ1) is 26.2. The fraction of sp³-hybridized carbons (Fsp3) is 0.735. The van der Waals surface area contributed by atoms with Gasteiger partial charge < -0.3 is 60.7 Å². The van der Waals surface area contributed by atoms with Crippen LogP contribution < -0.4 is 31.9 Å². The van der Waals surface area contributed by atoms with Crippen LogP contribution >= 0.6 is 31.3 Å². The number of amides is 4. The second-order valence-corrected chi connectivity index (χ2v) is 19.3. The Morgan fingerprint density at radius 3 is 2.09 bits per heavy atom. The zero-order valence-electron chi connectivity index (χ0n) is 31.7. The minimum atomic E-state index is -5.18. The number of phosphoric acid groups is 1. The molecule has 0 radical (unpaired) electrons. The van der Waals surface area contributed by atoms with Gasteiger partial charge in [0, 0.05) is 34.8 Å². The Labute approximate surface area is 338 Å². The van der Waals surface area contributed by atoms with Crippen molar-refractivity contribution in [3.05, 3.63) is 12.7 Å². The van der Waals surface area contributed by atoms with E-state index < -0.39 is 42.9 Å². The summed E-state index contributed by atoms with van der Waals surface area (Å²) >= 11 is 3.57. The number of hydrogen-bond donors (Lipinski definition) is 7. The van der Waals surface area contributed by atoms with E-state index in [4.69, 9.17) is 15.0 Å². The SMILES string of the molecule is C.CC(=O)CCCC1SCC2NC(=O)NC21.CC1(O)[C@](C)(n2cnc3c(N)ncnc32)O[C@](C)(COP(=O)([O-])OC(=O)CCCC2SCC3NC(=O)NC32)[C@]1(C)O. The van der Waals surface area contributed by atoms with E-state index in [-0.39, 0.29) is 72.1 Å². The summed E-state index contributed by atoms with van der Waals surface area (Å²) in [5.74, 6) is 1.10. The van der Waals surface area contributed by atoms with Crippen LogP contribution in [0.5, 0.6) is 0 Å². The molecule has 5 fully saturated rings. The van der Waals surface area contributed by atoms with Gasteiger partial charge in [0.25, 0.3) is 0 Å². The third kappa shape index (κ3) is 8.73. The van der Waals surface area contributed by atoms with Gasteiger partial charge >= 0.3 is 25.9 Å². The van der Waals surface area contributed by atoms with Crippen molar-refractivity contribution in [2.24, 2.45) is 0 Å². The number of nitrogen functional groups attached to an aromatic ring is 1. The summed E-state index contributed by atoms with van der Waals surface area (Å²) in [6, 6.07) is 0.316. The molecule has 0 saturated carbocycles. The Hall–Kier alpha value is -3.24. The monoisotopic (exact) mass is 858 g/mol. The number of ether oxygens (including phenoxy) is 1. The molecule has 0 bridgehead atoms. The molecule has 5 aliphatic rings. The zero-order chi connectivity index (χ0) is 40.8. The van der Waals surface area contributed by atoms with Gasteiger partial charge in [0.2, 0.25) is 0 Å². The molecule has 2 aromatic rings. The van der Waals surface area contributed by atoms with E-state index in [1.807, 2.05) is 11.8 Å². The number of nitrogens with one attached hydrogen (secondary N) is 4. The number of aromatic nitrogens is 4. The van der Waals surface area contributed by atoms with E-state index in [2.05, 4.69) is 40.7 Å². The van der Waals surface area contributed by atoms with Crippen LogP contribution in [0, 0.1) is 0 Å². The predicted octanol–water partition coefficient (Wildman–Crippen LogP) is 1.28. The van der Waals surface area contributed by atoms with E-state index in [0.29, 0.717) is 30.6 Å². The summed E-state index contributed by atoms with van der Waals surface area (Å²) in [5.41, 5.74) is -1.39. The number of Topliss-reactive ketones (excluding diaryl/α,β-unsaturated/α-hetero) is 1. The molecule has 11 atom stereocenters. The molecule has 4 amide bonds. The maximum Gasteiger partial charge on any atom is 0.322 e. The van der Waals surface area contributed by atoms with Crippen molar-refractivity contribution in [3.63, 3.8) is 0 Å². The summed E-state index contributed by atoms with van der Waals surface area (Å²) in [6.45, 7) is 6.27. The normalized spacial score (nSPS) is 36.1. The van der Waals surface area contributed by atoms with Crippen LogP contribution in [0.3, 0.4) is 0 Å². The lowest BCUT2D eigenvalue weighted by Crippen LogP contribution is -2.63. The molecule has 20 nitrogen and oxygen atoms in total. The first kappa shape index (κ1) is 44.9. The van der Waals surface area contributed by atoms with Crippen LogP contribution in [-0.4, -0.2) is 123 Å². The Balaban J connectivity index is 0.000000325. The number of nitrogens with two attached hydrogens (primary N) is 1. The third-order valence-corrected chi connectivity index (χ3v) is 15.5. The van der Waals surface area contributed by atoms with E-state index in [0.717, 1.165) is 24.3 Å². The number of carbonyl (C=O) groups excluding carboxylic acids is 4. The smallest absolute Gasteiger partial charge is 0.322 e. The van der Waals surface area contributed by atoms with E-state index in [9.17, 15) is 38.8 Å². The number of urea groups is 2. The van der Waals surface area contributed by atoms with Crippen LogP contribution in [-0.2, 0) is 33.7 Å². The molecule has 318 valence electrons. The maximum absolute atomic E-state index is 12.6. The van der Waals surface area contributed by atoms with Gasteiger partial charge in [-0.3, -0.25) is 13.9 Å². The molecule has 8 N–H and O–H groups in total. The van der Waals surface area contributed by atoms with Crippen molar-refractivity contribution in [2.45, 2.75) is 138 Å². The largest absolute Gasteiger partial charge is 0.746 e. The number of phosphoric ester groups is 1. The molecule has 0 spiro atoms. The van der Waals surface area contributed by atoms with Crippen molar-refractivity contribution in [1.82, 2.24) is 40.8 Å². The van der Waals surface area contributed by atoms with Gasteiger partial charge in [-0.2, -0.15) is 23.5 Å². The minimum absolute atomic E-state index is 0. The number of hydrogen-bond acceptors (Lipinski definition) is 17. The quantitative estimate of drug-likeness (QED) is 0.110. The van der Waals surface area contributed by atoms with E-state index >= 15 is 0 Å². The third-order valence-electron chi connectivity index (χ3n) is 11.6. The molecule has 8 unspecified atom stereocenters. The molecular formula is C34H53N9O11PS2-. The molecule has 57 heavy (non-hydrogen) atoms. The number of nitrogens with zero attached hydrogens (tertiary/aromatic N) is 4. The first-order valence-electron chi connectivity index (χ1n) is 18.3. The van der Waals surface area contributed by atoms with Crippen molar-refractivity contribution in [3.8, 4) is 0 Å². The number of ketones is 1. The van der Waals surface area contributed by atoms with Crippen molar-refractivity contribution < 1.29 is 52.6 Å². The number of carbonyl (C=O) groups is 4. The second kappa shape index (κ2) is 16.8. The van der Waals surface area contributed by atoms with Crippen LogP contribution in [0.15, 0.2) is 12.7 Å². The Bertz CT molecular complexity index is 1910. The average Bonchev–Trinajstić information content (AvgIpc) is 3.94. The van der Waals surface area contributed by atoms with Gasteiger partial charge in [-0.05, 0) is 60.3 Å². The highest BCUT2D eigenvalue weighted by atomic mass is 32.2. The Morgan fingerprint density at radius 1 is 0.965 bits per heavy atom. The highest BCUT2D eigenvalue weighted by Gasteiger charge is 2.73. The van der Waals surface area contributed by atoms with Gasteiger partial charge in [-0.1, -0.05) is 7.43 Å². The summed E-state index contributed by atoms with van der Waals surface area (Å²) < 4.78 is 29.8. The number of aliphatic hydroxyl groups is 2. The standard InChI is InChI=1S/C23H34N7O9PS.C10H16N2O2S.CH4/c1-20(9-37-40(35,36)38-14(31)7-5-6-13-15-12(8-41-13)28-19(32)29-15)21(2,33)22(3,34)23(4,39-20)30-11-27-16-17(24)25-10-26-18(16)30;1-6(13)3-2-4-8-9-7(5-15-8)11-10(14)12-9;/h10-13,15,33-34H,5-9H2,1-4H3,(H,35,36)(H2,24,25,26)(H2,28,29,32);7-9H,2-5H2,1H3,(H2,11,12,14);1H4/p-1/t12?,13?,15?,20-,21+,22?,23-;;/m1../s1. The topological polar surface area (TPSA) is 294 Å². The number of thioether (sulfide) groups is 2. The molecule has 7 heterocycles. The molecule has 23 heteroatoms. The van der Waals surface area contributed by atoms with Crippen LogP contribution in [0.4, 0.5) is 15.4 Å². The fourth-order valence-electron chi connectivity index (χ4n) is 7.91. The number of fused-ring (bicyclic) bond motifs is 3. The molecule has 0 aromatic carbocycles. The second-order valence-electron chi connectivity index (χ2n) is 15.4. The van der Waals surface area contributed by atoms with Gasteiger partial charge in [0.1, 0.15) is 34.4 Å². The van der Waals surface area contributed by atoms with Crippen LogP contribution in [0.25, 0.3) is 11.2 Å². The average molecular weight is 859 g/mol. The van der Waals surface area contributed by atoms with Crippen molar-refractivity contribution >= 4 is 72.1 Å². The van der Waals surface area contributed by atoms with Gasteiger partial charge in [-0.15, -0.1) is 0 Å². The molecule has 2 aromatic heterocycles. The predicted molar refractivity (Wildman–Crippen MR) is 210 cm³/mol. The van der Waals surface area contributed by atoms with Crippen molar-refractivity contribution in [2.75, 3.05) is 23.8 Å². The molecule has 7 rings (SSSR count). The minimum Gasteiger partial charge on any atom is -0.746 e. The first-order valence-corrected chi connectivity index (χ1v) is 21.9. The molecule has 0 aliphatic carbocycles. The molecule has 5 aliphatic heterocycles. The molecular weight excluding hydrogens is 806 g/mol. The lowest BCUT2D eigenvalue weighted by Gasteiger charge is -2.42. The summed E-state index contributed by atoms with van der Waals surface area (Å²) in [4.78, 5) is 70.6. The fourth-order valence-corrected chi connectivity index (χ4v) is 11.8. The lowest BCUT2D eigenvalue weighted by atomic mass is 9.73. The lowest BCUT2D eigenvalue weighted by molar-refractivity contribution is -0.237. The Morgan fingerprint density at radius 2 is 1.53 bits per heavy atom. The summed E-state index contributed by atoms with van der Waals surface area (Å²) in [6.07, 6.45) is 5.89. The number of imidazole rings is 1. The summed E-state index contributed by atoms with van der Waals surface area (Å²) in [7, 11) is -5.18. The van der Waals surface area contributed by atoms with Crippen LogP contribution in [0.2, 0.25) is 0 Å². The Kier molecular flexibility index (Phi) is 13.2. The van der Waals surface area contributed by atoms with E-state index in [1.165, 1.54) is 44.9 Å². The summed E-state index contributed by atoms with van der Waals surface area (Å²) in [5, 5.41) is 35.2. The number of rotatable bonds is 13. The van der Waals surface area contributed by atoms with E-state index in [1.54, 1.807) is 18.7 Å². The maximum atomic E-state index is 12.6. The van der Waals surface area contributed by atoms with Crippen LogP contribution in [0.1, 0.15) is 80.6 Å². The molecule has 5 saturated heterocycles. The highest BCUT2D eigenvalue weighted by Crippen LogP contribution is 2.56. The van der Waals surface area contributed by atoms with Gasteiger partial charge in [-0.25, -0.2) is 24.5 Å². The zero-order valence-corrected chi connectivity index (χ0v) is 34.2. The van der Waals surface area contributed by atoms with Crippen molar-refractivity contribution in [1.29, 1.82) is 0 Å². The van der Waals surface area contributed by atoms with Gasteiger partial charge in [0.15, 0.2) is 17.2 Å².